The summed E-state index contributed by atoms with van der Waals surface area (Å²) in [5.41, 5.74) is 3.70. The number of carboxylic acid groups (broad SMARTS) is 1. The van der Waals surface area contributed by atoms with Crippen molar-refractivity contribution in [3.05, 3.63) is 83.3 Å². The first-order valence-electron chi connectivity index (χ1n) is 13.9. The van der Waals surface area contributed by atoms with Gasteiger partial charge in [0, 0.05) is 60.3 Å². The molecule has 1 aromatic carbocycles. The molecule has 11 heteroatoms. The maximum atomic E-state index is 13.9. The number of carbonyl (C=O) groups is 3. The first kappa shape index (κ1) is 27.5. The Morgan fingerprint density at radius 1 is 1.12 bits per heavy atom. The molecule has 1 N–H and O–H groups in total. The number of benzene rings is 1. The lowest BCUT2D eigenvalue weighted by molar-refractivity contribution is -0.614. The summed E-state index contributed by atoms with van der Waals surface area (Å²) in [6, 6.07) is 16.5. The molecule has 2 aliphatic rings. The monoisotopic (exact) mass is 583 g/mol. The largest absolute Gasteiger partial charge is 0.619 e. The molecule has 42 heavy (non-hydrogen) atoms. The minimum absolute atomic E-state index is 0.0196. The minimum Gasteiger partial charge on any atom is -0.619 e. The molecule has 214 valence electrons. The average molecular weight is 584 g/mol. The standard InChI is InChI=1S/C31H29N5O5S/c37-28-9-5-14-34(28)27-13-10-20(18-32-27)24-7-1-2-8-25(24)26-19-42-31(33-26)36(22-11-12-22)30(40)21(17-29(38)39)16-23-6-3-4-15-35(23)41/h1-4,6-8,10,13,15,18-19,21-22H,5,9,11-12,14,16-17H2,(H,38,39). The Hall–Kier alpha value is -4.64. The SMILES string of the molecule is O=C(O)CC(Cc1cccc[n+]1[O-])C(=O)N(c1nc(-c2ccccc2-c2ccc(N3CCCC3=O)nc2)cs1)C1CC1. The summed E-state index contributed by atoms with van der Waals surface area (Å²) < 4.78 is 0.673. The summed E-state index contributed by atoms with van der Waals surface area (Å²) in [4.78, 5) is 50.5. The molecule has 0 spiro atoms. The van der Waals surface area contributed by atoms with Crippen LogP contribution in [0.5, 0.6) is 0 Å². The van der Waals surface area contributed by atoms with E-state index < -0.39 is 11.9 Å². The van der Waals surface area contributed by atoms with Crippen molar-refractivity contribution >= 4 is 40.1 Å². The molecule has 1 aliphatic heterocycles. The first-order chi connectivity index (χ1) is 20.4. The summed E-state index contributed by atoms with van der Waals surface area (Å²) in [7, 11) is 0. The van der Waals surface area contributed by atoms with E-state index in [0.29, 0.717) is 40.0 Å². The lowest BCUT2D eigenvalue weighted by Gasteiger charge is -2.24. The molecule has 1 unspecified atom stereocenters. The highest BCUT2D eigenvalue weighted by Gasteiger charge is 2.40. The number of hydrogen-bond acceptors (Lipinski definition) is 7. The number of anilines is 2. The molecular weight excluding hydrogens is 554 g/mol. The van der Waals surface area contributed by atoms with E-state index in [9.17, 15) is 24.7 Å². The van der Waals surface area contributed by atoms with Gasteiger partial charge < -0.3 is 10.3 Å². The van der Waals surface area contributed by atoms with E-state index >= 15 is 0 Å². The molecule has 2 fully saturated rings. The van der Waals surface area contributed by atoms with Crippen molar-refractivity contribution in [3.63, 3.8) is 0 Å². The van der Waals surface area contributed by atoms with E-state index in [1.54, 1.807) is 34.2 Å². The van der Waals surface area contributed by atoms with Gasteiger partial charge in [-0.15, -0.1) is 11.3 Å². The molecule has 0 radical (unpaired) electrons. The van der Waals surface area contributed by atoms with E-state index in [0.717, 1.165) is 36.0 Å². The summed E-state index contributed by atoms with van der Waals surface area (Å²) in [6.07, 6.45) is 5.73. The van der Waals surface area contributed by atoms with Crippen LogP contribution in [0.4, 0.5) is 10.9 Å². The Morgan fingerprint density at radius 3 is 2.57 bits per heavy atom. The van der Waals surface area contributed by atoms with Gasteiger partial charge in [-0.25, -0.2) is 9.97 Å². The summed E-state index contributed by atoms with van der Waals surface area (Å²) in [6.45, 7) is 0.676. The first-order valence-corrected chi connectivity index (χ1v) is 14.8. The fourth-order valence-corrected chi connectivity index (χ4v) is 6.24. The molecule has 6 rings (SSSR count). The van der Waals surface area contributed by atoms with Gasteiger partial charge in [-0.1, -0.05) is 30.3 Å². The van der Waals surface area contributed by atoms with E-state index in [2.05, 4.69) is 4.98 Å². The average Bonchev–Trinajstić information content (AvgIpc) is 3.54. The van der Waals surface area contributed by atoms with Gasteiger partial charge in [0.2, 0.25) is 11.8 Å². The number of nitrogens with zero attached hydrogens (tertiary/aromatic N) is 5. The second-order valence-electron chi connectivity index (χ2n) is 10.6. The number of thiazole rings is 1. The van der Waals surface area contributed by atoms with Gasteiger partial charge in [0.1, 0.15) is 5.82 Å². The van der Waals surface area contributed by atoms with Crippen LogP contribution in [0.1, 0.15) is 37.8 Å². The van der Waals surface area contributed by atoms with Crippen LogP contribution in [0.15, 0.2) is 72.4 Å². The lowest BCUT2D eigenvalue weighted by atomic mass is 9.97. The third kappa shape index (κ3) is 5.73. The molecule has 1 saturated heterocycles. The Bertz CT molecular complexity index is 1630. The molecular formula is C31H29N5O5S. The van der Waals surface area contributed by atoms with Crippen molar-refractivity contribution in [3.8, 4) is 22.4 Å². The molecule has 0 bridgehead atoms. The summed E-state index contributed by atoms with van der Waals surface area (Å²) >= 11 is 1.34. The highest BCUT2D eigenvalue weighted by atomic mass is 32.1. The smallest absolute Gasteiger partial charge is 0.304 e. The summed E-state index contributed by atoms with van der Waals surface area (Å²) in [5, 5.41) is 24.3. The lowest BCUT2D eigenvalue weighted by Crippen LogP contribution is -2.41. The third-order valence-corrected chi connectivity index (χ3v) is 8.43. The zero-order chi connectivity index (χ0) is 29.2. The molecule has 10 nitrogen and oxygen atoms in total. The van der Waals surface area contributed by atoms with Crippen LogP contribution >= 0.6 is 11.3 Å². The highest BCUT2D eigenvalue weighted by Crippen LogP contribution is 2.39. The fourth-order valence-electron chi connectivity index (χ4n) is 5.34. The second kappa shape index (κ2) is 11.7. The van der Waals surface area contributed by atoms with Gasteiger partial charge in [-0.05, 0) is 37.0 Å². The van der Waals surface area contributed by atoms with Gasteiger partial charge >= 0.3 is 5.97 Å². The topological polar surface area (TPSA) is 131 Å². The molecule has 4 heterocycles. The van der Waals surface area contributed by atoms with Crippen LogP contribution in [0.2, 0.25) is 0 Å². The van der Waals surface area contributed by atoms with Crippen molar-refractivity contribution < 1.29 is 24.2 Å². The number of amides is 2. The van der Waals surface area contributed by atoms with Gasteiger partial charge in [0.25, 0.3) is 0 Å². The highest BCUT2D eigenvalue weighted by molar-refractivity contribution is 7.14. The van der Waals surface area contributed by atoms with Crippen molar-refractivity contribution in [1.82, 2.24) is 9.97 Å². The van der Waals surface area contributed by atoms with Crippen molar-refractivity contribution in [2.24, 2.45) is 5.92 Å². The Balaban J connectivity index is 1.28. The van der Waals surface area contributed by atoms with Gasteiger partial charge in [-0.3, -0.25) is 24.2 Å². The minimum atomic E-state index is -1.10. The zero-order valence-electron chi connectivity index (χ0n) is 22.8. The number of rotatable bonds is 10. The van der Waals surface area contributed by atoms with E-state index in [1.165, 1.54) is 17.5 Å². The van der Waals surface area contributed by atoms with E-state index in [1.807, 2.05) is 41.8 Å². The Morgan fingerprint density at radius 2 is 1.90 bits per heavy atom. The molecule has 1 saturated carbocycles. The predicted molar refractivity (Wildman–Crippen MR) is 158 cm³/mol. The van der Waals surface area contributed by atoms with Crippen LogP contribution in [-0.2, 0) is 20.8 Å². The summed E-state index contributed by atoms with van der Waals surface area (Å²) in [5.74, 6) is -1.62. The quantitative estimate of drug-likeness (QED) is 0.215. The predicted octanol–water partition coefficient (Wildman–Crippen LogP) is 4.46. The number of hydrogen-bond donors (Lipinski definition) is 1. The van der Waals surface area contributed by atoms with Gasteiger partial charge in [0.15, 0.2) is 17.0 Å². The third-order valence-electron chi connectivity index (χ3n) is 7.59. The molecule has 2 amide bonds. The maximum Gasteiger partial charge on any atom is 0.304 e. The fraction of sp³-hybridized carbons (Fsp3) is 0.290. The van der Waals surface area contributed by atoms with Crippen LogP contribution in [0.3, 0.4) is 0 Å². The number of pyridine rings is 2. The number of carboxylic acids is 1. The van der Waals surface area contributed by atoms with Crippen LogP contribution in [0, 0.1) is 11.1 Å². The molecule has 3 aromatic heterocycles. The van der Waals surface area contributed by atoms with E-state index in [4.69, 9.17) is 4.98 Å². The molecule has 1 aliphatic carbocycles. The van der Waals surface area contributed by atoms with Crippen molar-refractivity contribution in [1.29, 1.82) is 0 Å². The molecule has 4 aromatic rings. The maximum absolute atomic E-state index is 13.9. The van der Waals surface area contributed by atoms with Crippen molar-refractivity contribution in [2.45, 2.75) is 44.6 Å². The van der Waals surface area contributed by atoms with E-state index in [-0.39, 0.29) is 30.7 Å². The molecule has 1 atom stereocenters. The number of carbonyl (C=O) groups excluding carboxylic acids is 2. The van der Waals surface area contributed by atoms with Crippen molar-refractivity contribution in [2.75, 3.05) is 16.3 Å². The zero-order valence-corrected chi connectivity index (χ0v) is 23.6. The number of aromatic nitrogens is 3. The normalized spacial score (nSPS) is 15.5. The van der Waals surface area contributed by atoms with Gasteiger partial charge in [-0.2, -0.15) is 4.73 Å². The second-order valence-corrected chi connectivity index (χ2v) is 11.4. The number of aliphatic carboxylic acids is 1. The van der Waals surface area contributed by atoms with Crippen LogP contribution in [-0.4, -0.2) is 45.4 Å². The van der Waals surface area contributed by atoms with Crippen LogP contribution in [0.25, 0.3) is 22.4 Å². The van der Waals surface area contributed by atoms with Gasteiger partial charge in [0.05, 0.1) is 18.0 Å². The van der Waals surface area contributed by atoms with Crippen LogP contribution < -0.4 is 14.5 Å². The Kier molecular flexibility index (Phi) is 7.66. The Labute approximate surface area is 246 Å².